The number of amides is 1. The zero-order valence-corrected chi connectivity index (χ0v) is 18.4. The highest BCUT2D eigenvalue weighted by molar-refractivity contribution is 7.92. The van der Waals surface area contributed by atoms with Crippen LogP contribution in [-0.2, 0) is 21.2 Å². The molecule has 0 saturated carbocycles. The van der Waals surface area contributed by atoms with Crippen molar-refractivity contribution in [1.82, 2.24) is 5.32 Å². The van der Waals surface area contributed by atoms with Crippen molar-refractivity contribution in [3.05, 3.63) is 59.9 Å². The minimum atomic E-state index is -3.86. The molecule has 0 saturated heterocycles. The summed E-state index contributed by atoms with van der Waals surface area (Å²) in [6.07, 6.45) is 2.63. The Balaban J connectivity index is 1.99. The van der Waals surface area contributed by atoms with Crippen molar-refractivity contribution in [1.29, 1.82) is 0 Å². The number of hydrogen-bond acceptors (Lipinski definition) is 4. The first-order chi connectivity index (χ1) is 14.3. The van der Waals surface area contributed by atoms with E-state index in [1.54, 1.807) is 6.92 Å². The normalized spacial score (nSPS) is 12.3. The molecule has 0 heterocycles. The molecule has 30 heavy (non-hydrogen) atoms. The number of rotatable bonds is 11. The van der Waals surface area contributed by atoms with Gasteiger partial charge in [-0.15, -0.1) is 0 Å². The van der Waals surface area contributed by atoms with Gasteiger partial charge in [0.2, 0.25) is 15.9 Å². The lowest BCUT2D eigenvalue weighted by molar-refractivity contribution is -0.122. The quantitative estimate of drug-likeness (QED) is 0.547. The summed E-state index contributed by atoms with van der Waals surface area (Å²) in [6, 6.07) is 12.3. The van der Waals surface area contributed by atoms with Crippen LogP contribution in [0.5, 0.6) is 5.75 Å². The minimum Gasteiger partial charge on any atom is -0.494 e. The van der Waals surface area contributed by atoms with Gasteiger partial charge in [-0.2, -0.15) is 0 Å². The van der Waals surface area contributed by atoms with Gasteiger partial charge >= 0.3 is 0 Å². The van der Waals surface area contributed by atoms with Gasteiger partial charge in [-0.3, -0.25) is 9.10 Å². The van der Waals surface area contributed by atoms with Gasteiger partial charge in [0.15, 0.2) is 0 Å². The predicted molar refractivity (Wildman–Crippen MR) is 117 cm³/mol. The molecule has 8 heteroatoms. The molecule has 1 atom stereocenters. The Hall–Kier alpha value is -2.61. The van der Waals surface area contributed by atoms with Gasteiger partial charge in [-0.25, -0.2) is 12.8 Å². The number of halogens is 1. The topological polar surface area (TPSA) is 75.7 Å². The zero-order chi connectivity index (χ0) is 22.1. The summed E-state index contributed by atoms with van der Waals surface area (Å²) >= 11 is 0. The summed E-state index contributed by atoms with van der Waals surface area (Å²) in [5, 5.41) is 2.79. The van der Waals surface area contributed by atoms with E-state index in [1.807, 2.05) is 31.2 Å². The number of nitrogens with zero attached hydrogens (tertiary/aromatic N) is 1. The Kier molecular flexibility index (Phi) is 8.65. The standard InChI is InChI=1S/C22H29FN2O4S/c1-4-20(25(30(3,27)28)21-11-7-6-10-19(21)23)22(26)24-16-8-9-17-12-14-18(15-13-17)29-5-2/h6-7,10-15,20H,4-5,8-9,16H2,1-3H3,(H,24,26)/t20-/m1/s1. The molecule has 0 spiro atoms. The van der Waals surface area contributed by atoms with E-state index in [9.17, 15) is 17.6 Å². The number of anilines is 1. The lowest BCUT2D eigenvalue weighted by Crippen LogP contribution is -2.49. The third-order valence-corrected chi connectivity index (χ3v) is 5.76. The molecule has 2 aromatic carbocycles. The van der Waals surface area contributed by atoms with Crippen LogP contribution in [0, 0.1) is 5.82 Å². The molecular weight excluding hydrogens is 407 g/mol. The van der Waals surface area contributed by atoms with E-state index in [0.29, 0.717) is 19.6 Å². The van der Waals surface area contributed by atoms with E-state index < -0.39 is 27.8 Å². The third-order valence-electron chi connectivity index (χ3n) is 4.60. The lowest BCUT2D eigenvalue weighted by atomic mass is 10.1. The number of carbonyl (C=O) groups is 1. The van der Waals surface area contributed by atoms with Gasteiger partial charge in [0.25, 0.3) is 0 Å². The Morgan fingerprint density at radius 3 is 2.37 bits per heavy atom. The number of hydrogen-bond donors (Lipinski definition) is 1. The summed E-state index contributed by atoms with van der Waals surface area (Å²) in [7, 11) is -3.86. The molecule has 1 amide bonds. The Morgan fingerprint density at radius 2 is 1.80 bits per heavy atom. The van der Waals surface area contributed by atoms with Gasteiger partial charge < -0.3 is 10.1 Å². The van der Waals surface area contributed by atoms with E-state index in [-0.39, 0.29) is 12.1 Å². The zero-order valence-electron chi connectivity index (χ0n) is 17.6. The van der Waals surface area contributed by atoms with Gasteiger partial charge in [0, 0.05) is 6.54 Å². The highest BCUT2D eigenvalue weighted by atomic mass is 32.2. The molecular formula is C22H29FN2O4S. The maximum Gasteiger partial charge on any atom is 0.243 e. The van der Waals surface area contributed by atoms with Crippen LogP contribution in [0.3, 0.4) is 0 Å². The molecule has 2 aromatic rings. The first-order valence-electron chi connectivity index (χ1n) is 10.0. The maximum atomic E-state index is 14.3. The van der Waals surface area contributed by atoms with Crippen LogP contribution in [0.1, 0.15) is 32.3 Å². The number of aryl methyl sites for hydroxylation is 1. The molecule has 0 fully saturated rings. The summed E-state index contributed by atoms with van der Waals surface area (Å²) in [5.41, 5.74) is 0.986. The predicted octanol–water partition coefficient (Wildman–Crippen LogP) is 3.52. The van der Waals surface area contributed by atoms with Crippen LogP contribution >= 0.6 is 0 Å². The second-order valence-corrected chi connectivity index (χ2v) is 8.77. The second-order valence-electron chi connectivity index (χ2n) is 6.91. The highest BCUT2D eigenvalue weighted by Crippen LogP contribution is 2.25. The van der Waals surface area contributed by atoms with E-state index >= 15 is 0 Å². The molecule has 0 radical (unpaired) electrons. The van der Waals surface area contributed by atoms with E-state index in [2.05, 4.69) is 5.32 Å². The van der Waals surface area contributed by atoms with Crippen molar-refractivity contribution in [2.75, 3.05) is 23.7 Å². The van der Waals surface area contributed by atoms with Crippen LogP contribution in [-0.4, -0.2) is 39.8 Å². The van der Waals surface area contributed by atoms with Crippen LogP contribution in [0.4, 0.5) is 10.1 Å². The number of ether oxygens (including phenoxy) is 1. The van der Waals surface area contributed by atoms with Crippen LogP contribution in [0.15, 0.2) is 48.5 Å². The first-order valence-corrected chi connectivity index (χ1v) is 11.9. The summed E-state index contributed by atoms with van der Waals surface area (Å²) in [6.45, 7) is 4.62. The van der Waals surface area contributed by atoms with Crippen LogP contribution in [0.2, 0.25) is 0 Å². The molecule has 1 N–H and O–H groups in total. The van der Waals surface area contributed by atoms with Crippen molar-refractivity contribution >= 4 is 21.6 Å². The van der Waals surface area contributed by atoms with E-state index in [1.165, 1.54) is 24.3 Å². The van der Waals surface area contributed by atoms with Crippen molar-refractivity contribution in [3.63, 3.8) is 0 Å². The van der Waals surface area contributed by atoms with Gasteiger partial charge in [0.05, 0.1) is 18.6 Å². The lowest BCUT2D eigenvalue weighted by Gasteiger charge is -2.30. The smallest absolute Gasteiger partial charge is 0.243 e. The fourth-order valence-electron chi connectivity index (χ4n) is 3.21. The van der Waals surface area contributed by atoms with Crippen molar-refractivity contribution in [2.45, 2.75) is 39.2 Å². The SMILES string of the molecule is CCOc1ccc(CCCNC(=O)[C@@H](CC)N(c2ccccc2F)S(C)(=O)=O)cc1. The molecule has 0 aliphatic carbocycles. The molecule has 0 unspecified atom stereocenters. The Labute approximate surface area is 178 Å². The first kappa shape index (κ1) is 23.7. The summed E-state index contributed by atoms with van der Waals surface area (Å²) < 4.78 is 45.2. The summed E-state index contributed by atoms with van der Waals surface area (Å²) in [4.78, 5) is 12.7. The third kappa shape index (κ3) is 6.45. The summed E-state index contributed by atoms with van der Waals surface area (Å²) in [5.74, 6) is -0.322. The van der Waals surface area contributed by atoms with Crippen LogP contribution in [0.25, 0.3) is 0 Å². The highest BCUT2D eigenvalue weighted by Gasteiger charge is 2.32. The number of para-hydroxylation sites is 1. The number of sulfonamides is 1. The fraction of sp³-hybridized carbons (Fsp3) is 0.409. The van der Waals surface area contributed by atoms with Crippen molar-refractivity contribution in [2.24, 2.45) is 0 Å². The number of carbonyl (C=O) groups excluding carboxylic acids is 1. The molecule has 0 aliphatic rings. The van der Waals surface area contributed by atoms with Gasteiger partial charge in [0.1, 0.15) is 17.6 Å². The average molecular weight is 437 g/mol. The molecule has 0 aliphatic heterocycles. The van der Waals surface area contributed by atoms with E-state index in [0.717, 1.165) is 28.3 Å². The molecule has 6 nitrogen and oxygen atoms in total. The van der Waals surface area contributed by atoms with Gasteiger partial charge in [-0.05, 0) is 56.0 Å². The van der Waals surface area contributed by atoms with Gasteiger partial charge in [-0.1, -0.05) is 31.2 Å². The molecule has 0 aromatic heterocycles. The van der Waals surface area contributed by atoms with Crippen molar-refractivity contribution in [3.8, 4) is 5.75 Å². The fourth-order valence-corrected chi connectivity index (χ4v) is 4.42. The van der Waals surface area contributed by atoms with Crippen molar-refractivity contribution < 1.29 is 22.3 Å². The molecule has 2 rings (SSSR count). The van der Waals surface area contributed by atoms with E-state index in [4.69, 9.17) is 4.74 Å². The molecule has 0 bridgehead atoms. The Morgan fingerprint density at radius 1 is 1.13 bits per heavy atom. The molecule has 164 valence electrons. The number of nitrogens with one attached hydrogen (secondary N) is 1. The average Bonchev–Trinajstić information content (AvgIpc) is 2.70. The minimum absolute atomic E-state index is 0.128. The largest absolute Gasteiger partial charge is 0.494 e. The Bertz CT molecular complexity index is 932. The second kappa shape index (κ2) is 11.0. The number of benzene rings is 2. The van der Waals surface area contributed by atoms with Crippen LogP contribution < -0.4 is 14.4 Å². The maximum absolute atomic E-state index is 14.3. The monoisotopic (exact) mass is 436 g/mol.